The van der Waals surface area contributed by atoms with Crippen LogP contribution < -0.4 is 5.32 Å². The van der Waals surface area contributed by atoms with Crippen molar-refractivity contribution < 1.29 is 4.74 Å². The van der Waals surface area contributed by atoms with Gasteiger partial charge in [-0.3, -0.25) is 5.32 Å². The maximum Gasteiger partial charge on any atom is 0.136 e. The van der Waals surface area contributed by atoms with Gasteiger partial charge in [-0.05, 0) is 25.7 Å². The summed E-state index contributed by atoms with van der Waals surface area (Å²) in [6.45, 7) is 14.7. The molecule has 0 spiro atoms. The van der Waals surface area contributed by atoms with Crippen molar-refractivity contribution >= 4 is 0 Å². The average Bonchev–Trinajstić information content (AvgIpc) is 2.84. The van der Waals surface area contributed by atoms with Crippen LogP contribution in [0.1, 0.15) is 41.0 Å². The lowest BCUT2D eigenvalue weighted by Crippen LogP contribution is -2.41. The van der Waals surface area contributed by atoms with Gasteiger partial charge < -0.3 is 4.74 Å². The van der Waals surface area contributed by atoms with Gasteiger partial charge in [-0.15, -0.1) is 6.58 Å². The van der Waals surface area contributed by atoms with E-state index in [1.807, 2.05) is 6.08 Å². The predicted octanol–water partition coefficient (Wildman–Crippen LogP) is 2.70. The molecule has 0 aromatic rings. The smallest absolute Gasteiger partial charge is 0.136 e. The predicted molar refractivity (Wildman–Crippen MR) is 60.1 cm³/mol. The molecule has 0 bridgehead atoms. The molecular formula is C12H23NO. The minimum absolute atomic E-state index is 0.0385. The highest BCUT2D eigenvalue weighted by atomic mass is 16.6. The highest BCUT2D eigenvalue weighted by Crippen LogP contribution is 2.40. The van der Waals surface area contributed by atoms with Gasteiger partial charge in [0.05, 0.1) is 0 Å². The molecule has 0 saturated carbocycles. The number of nitrogens with one attached hydrogen (secondary N) is 1. The molecule has 2 heteroatoms. The molecule has 2 atom stereocenters. The first-order valence-corrected chi connectivity index (χ1v) is 5.39. The molecule has 1 rings (SSSR count). The van der Waals surface area contributed by atoms with E-state index >= 15 is 0 Å². The standard InChI is InChI=1S/C12H23NO/c1-7-11(3,4)9-10(14-9)13-12(5,6)8-2/h8-10,13H,2,7H2,1,3-6H3. The van der Waals surface area contributed by atoms with E-state index in [0.717, 1.165) is 6.42 Å². The molecule has 1 heterocycles. The summed E-state index contributed by atoms with van der Waals surface area (Å²) in [6.07, 6.45) is 3.62. The Bertz CT molecular complexity index is 220. The lowest BCUT2D eigenvalue weighted by atomic mass is 9.86. The molecule has 0 aliphatic carbocycles. The van der Waals surface area contributed by atoms with Crippen molar-refractivity contribution in [3.05, 3.63) is 12.7 Å². The van der Waals surface area contributed by atoms with Gasteiger partial charge in [0.1, 0.15) is 12.3 Å². The SMILES string of the molecule is C=CC(C)(C)NC1OC1C(C)(C)CC. The number of hydrogen-bond donors (Lipinski definition) is 1. The molecule has 1 aliphatic rings. The fraction of sp³-hybridized carbons (Fsp3) is 0.833. The molecular weight excluding hydrogens is 174 g/mol. The first kappa shape index (κ1) is 11.7. The molecule has 2 unspecified atom stereocenters. The summed E-state index contributed by atoms with van der Waals surface area (Å²) in [4.78, 5) is 0. The van der Waals surface area contributed by atoms with Crippen LogP contribution in [0.5, 0.6) is 0 Å². The summed E-state index contributed by atoms with van der Waals surface area (Å²) in [7, 11) is 0. The molecule has 1 fully saturated rings. The van der Waals surface area contributed by atoms with Crippen molar-refractivity contribution in [3.63, 3.8) is 0 Å². The Labute approximate surface area is 87.7 Å². The second kappa shape index (κ2) is 3.67. The van der Waals surface area contributed by atoms with E-state index in [1.54, 1.807) is 0 Å². The van der Waals surface area contributed by atoms with Gasteiger partial charge in [0.15, 0.2) is 0 Å². The van der Waals surface area contributed by atoms with Crippen molar-refractivity contribution in [2.45, 2.75) is 58.9 Å². The summed E-state index contributed by atoms with van der Waals surface area (Å²) in [5.41, 5.74) is 0.234. The fourth-order valence-electron chi connectivity index (χ4n) is 1.44. The first-order valence-electron chi connectivity index (χ1n) is 5.39. The zero-order chi connectivity index (χ0) is 11.0. The lowest BCUT2D eigenvalue weighted by molar-refractivity contribution is 0.229. The Hall–Kier alpha value is -0.340. The Balaban J connectivity index is 2.44. The fourth-order valence-corrected chi connectivity index (χ4v) is 1.44. The molecule has 0 radical (unpaired) electrons. The number of hydrogen-bond acceptors (Lipinski definition) is 2. The highest BCUT2D eigenvalue weighted by molar-refractivity contribution is 5.02. The Morgan fingerprint density at radius 2 is 1.93 bits per heavy atom. The topological polar surface area (TPSA) is 24.6 Å². The summed E-state index contributed by atoms with van der Waals surface area (Å²) >= 11 is 0. The lowest BCUT2D eigenvalue weighted by Gasteiger charge is -2.23. The molecule has 0 amide bonds. The van der Waals surface area contributed by atoms with Gasteiger partial charge in [-0.2, -0.15) is 0 Å². The molecule has 1 N–H and O–H groups in total. The van der Waals surface area contributed by atoms with E-state index in [1.165, 1.54) is 0 Å². The van der Waals surface area contributed by atoms with Crippen molar-refractivity contribution in [3.8, 4) is 0 Å². The van der Waals surface area contributed by atoms with Gasteiger partial charge in [0.2, 0.25) is 0 Å². The van der Waals surface area contributed by atoms with Crippen LogP contribution in [0, 0.1) is 5.41 Å². The van der Waals surface area contributed by atoms with E-state index in [2.05, 4.69) is 46.5 Å². The van der Waals surface area contributed by atoms with Crippen LogP contribution in [-0.4, -0.2) is 17.9 Å². The van der Waals surface area contributed by atoms with Crippen molar-refractivity contribution in [2.75, 3.05) is 0 Å². The molecule has 0 aromatic heterocycles. The highest BCUT2D eigenvalue weighted by Gasteiger charge is 2.49. The normalized spacial score (nSPS) is 27.5. The zero-order valence-corrected chi connectivity index (χ0v) is 10.1. The average molecular weight is 197 g/mol. The van der Waals surface area contributed by atoms with E-state index in [9.17, 15) is 0 Å². The summed E-state index contributed by atoms with van der Waals surface area (Å²) in [6, 6.07) is 0. The molecule has 1 saturated heterocycles. The van der Waals surface area contributed by atoms with Crippen LogP contribution in [-0.2, 0) is 4.74 Å². The number of ether oxygens (including phenoxy) is 1. The molecule has 2 nitrogen and oxygen atoms in total. The first-order chi connectivity index (χ1) is 6.32. The zero-order valence-electron chi connectivity index (χ0n) is 10.1. The monoisotopic (exact) mass is 197 g/mol. The third-order valence-corrected chi connectivity index (χ3v) is 3.20. The molecule has 14 heavy (non-hydrogen) atoms. The van der Waals surface area contributed by atoms with Gasteiger partial charge in [-0.25, -0.2) is 0 Å². The maximum absolute atomic E-state index is 5.65. The van der Waals surface area contributed by atoms with Gasteiger partial charge in [0.25, 0.3) is 0 Å². The van der Waals surface area contributed by atoms with Crippen LogP contribution in [0.3, 0.4) is 0 Å². The molecule has 0 aromatic carbocycles. The van der Waals surface area contributed by atoms with Crippen LogP contribution >= 0.6 is 0 Å². The van der Waals surface area contributed by atoms with Crippen molar-refractivity contribution in [1.82, 2.24) is 5.32 Å². The van der Waals surface area contributed by atoms with E-state index in [4.69, 9.17) is 4.74 Å². The Morgan fingerprint density at radius 1 is 1.36 bits per heavy atom. The van der Waals surface area contributed by atoms with Gasteiger partial charge in [0, 0.05) is 5.54 Å². The van der Waals surface area contributed by atoms with Gasteiger partial charge in [-0.1, -0.05) is 26.8 Å². The second-order valence-corrected chi connectivity index (χ2v) is 5.39. The minimum Gasteiger partial charge on any atom is -0.353 e. The largest absolute Gasteiger partial charge is 0.353 e. The van der Waals surface area contributed by atoms with Crippen molar-refractivity contribution in [1.29, 1.82) is 0 Å². The van der Waals surface area contributed by atoms with Crippen LogP contribution in [0.15, 0.2) is 12.7 Å². The molecule has 82 valence electrons. The van der Waals surface area contributed by atoms with Crippen LogP contribution in [0.4, 0.5) is 0 Å². The minimum atomic E-state index is -0.0385. The van der Waals surface area contributed by atoms with Gasteiger partial charge >= 0.3 is 0 Å². The van der Waals surface area contributed by atoms with E-state index < -0.39 is 0 Å². The number of epoxide rings is 1. The van der Waals surface area contributed by atoms with E-state index in [-0.39, 0.29) is 17.2 Å². The second-order valence-electron chi connectivity index (χ2n) is 5.39. The Kier molecular flexibility index (Phi) is 3.07. The third kappa shape index (κ3) is 2.58. The molecule has 1 aliphatic heterocycles. The summed E-state index contributed by atoms with van der Waals surface area (Å²) in [5, 5.41) is 3.43. The van der Waals surface area contributed by atoms with E-state index in [0.29, 0.717) is 6.10 Å². The van der Waals surface area contributed by atoms with Crippen LogP contribution in [0.2, 0.25) is 0 Å². The van der Waals surface area contributed by atoms with Crippen LogP contribution in [0.25, 0.3) is 0 Å². The summed E-state index contributed by atoms with van der Waals surface area (Å²) < 4.78 is 5.65. The quantitative estimate of drug-likeness (QED) is 0.541. The number of rotatable bonds is 5. The summed E-state index contributed by atoms with van der Waals surface area (Å²) in [5.74, 6) is 0. The third-order valence-electron chi connectivity index (χ3n) is 3.20. The van der Waals surface area contributed by atoms with Crippen molar-refractivity contribution in [2.24, 2.45) is 5.41 Å². The maximum atomic E-state index is 5.65. The Morgan fingerprint density at radius 3 is 2.36 bits per heavy atom.